The zero-order valence-electron chi connectivity index (χ0n) is 28.6. The van der Waals surface area contributed by atoms with Gasteiger partial charge in [0.2, 0.25) is 11.8 Å². The van der Waals surface area contributed by atoms with Gasteiger partial charge in [-0.25, -0.2) is 9.59 Å². The number of benzene rings is 1. The minimum Gasteiger partial charge on any atom is -0.463 e. The molecule has 3 rings (SSSR count). The van der Waals surface area contributed by atoms with E-state index in [1.54, 1.807) is 0 Å². The van der Waals surface area contributed by atoms with Crippen molar-refractivity contribution < 1.29 is 47.7 Å². The summed E-state index contributed by atoms with van der Waals surface area (Å²) in [5, 5.41) is 13.6. The van der Waals surface area contributed by atoms with Crippen LogP contribution in [0.4, 0.5) is 0 Å². The minimum absolute atomic E-state index is 0.0480. The van der Waals surface area contributed by atoms with Gasteiger partial charge in [-0.05, 0) is 95.2 Å². The number of esters is 4. The van der Waals surface area contributed by atoms with E-state index in [0.717, 1.165) is 18.4 Å². The molecule has 0 saturated heterocycles. The van der Waals surface area contributed by atoms with E-state index in [4.69, 9.17) is 24.4 Å². The summed E-state index contributed by atoms with van der Waals surface area (Å²) in [7, 11) is 0. The van der Waals surface area contributed by atoms with Crippen LogP contribution in [-0.2, 0) is 38.2 Å². The van der Waals surface area contributed by atoms with Crippen molar-refractivity contribution in [2.75, 3.05) is 26.3 Å². The number of carbonyl (C=O) groups excluding carboxylic acids is 6. The summed E-state index contributed by atoms with van der Waals surface area (Å²) in [6, 6.07) is 4.51. The Balaban J connectivity index is 1.36. The van der Waals surface area contributed by atoms with Gasteiger partial charge in [0.25, 0.3) is 0 Å². The number of nitrogens with one attached hydrogen (secondary N) is 3. The van der Waals surface area contributed by atoms with Gasteiger partial charge in [0.1, 0.15) is 11.5 Å². The summed E-state index contributed by atoms with van der Waals surface area (Å²) in [5.41, 5.74) is 0.287. The third-order valence-electron chi connectivity index (χ3n) is 8.99. The van der Waals surface area contributed by atoms with E-state index in [1.165, 1.54) is 18.2 Å². The average Bonchev–Trinajstić information content (AvgIpc) is 3.14. The molecule has 50 heavy (non-hydrogen) atoms. The van der Waals surface area contributed by atoms with E-state index in [0.29, 0.717) is 90.1 Å². The fraction of sp³-hybridized carbons (Fsp3) is 0.541. The monoisotopic (exact) mass is 695 g/mol. The summed E-state index contributed by atoms with van der Waals surface area (Å²) in [6.07, 6.45) is 10.1. The average molecular weight is 696 g/mol. The maximum absolute atomic E-state index is 13.0. The summed E-state index contributed by atoms with van der Waals surface area (Å²) in [5.74, 6) is -2.55. The second kappa shape index (κ2) is 21.3. The van der Waals surface area contributed by atoms with Gasteiger partial charge in [-0.3, -0.25) is 19.2 Å². The molecule has 0 spiro atoms. The summed E-state index contributed by atoms with van der Waals surface area (Å²) in [6.45, 7) is 8.18. The lowest BCUT2D eigenvalue weighted by Gasteiger charge is -2.27. The second-order valence-electron chi connectivity index (χ2n) is 12.5. The molecule has 2 amide bonds. The second-order valence-corrected chi connectivity index (χ2v) is 12.5. The van der Waals surface area contributed by atoms with Crippen molar-refractivity contribution in [1.82, 2.24) is 10.6 Å². The molecule has 0 atom stereocenters. The zero-order valence-corrected chi connectivity index (χ0v) is 28.6. The van der Waals surface area contributed by atoms with Crippen molar-refractivity contribution in [2.24, 2.45) is 23.7 Å². The first-order chi connectivity index (χ1) is 24.1. The lowest BCUT2D eigenvalue weighted by Crippen LogP contribution is -2.35. The Labute approximate surface area is 293 Å². The highest BCUT2D eigenvalue weighted by molar-refractivity contribution is 5.86. The number of rotatable bonds is 19. The molecule has 2 aliphatic carbocycles. The SMILES string of the molecule is C=CC(=O)OCCCCNC(=O)C1CCC(C(=O)Oc2ccc(OC(=O)C3CCC(C(=O)NCCCCOC(=O)C=C)CC3)c(C=N)c2)CC1. The number of ether oxygens (including phenoxy) is 4. The highest BCUT2D eigenvalue weighted by Gasteiger charge is 2.32. The molecule has 0 unspecified atom stereocenters. The summed E-state index contributed by atoms with van der Waals surface area (Å²) >= 11 is 0. The number of hydrogen-bond acceptors (Lipinski definition) is 11. The smallest absolute Gasteiger partial charge is 0.330 e. The van der Waals surface area contributed by atoms with Crippen molar-refractivity contribution in [1.29, 1.82) is 5.41 Å². The van der Waals surface area contributed by atoms with Crippen LogP contribution in [0.2, 0.25) is 0 Å². The van der Waals surface area contributed by atoms with Crippen LogP contribution in [0, 0.1) is 29.1 Å². The molecular formula is C37H49N3O10. The summed E-state index contributed by atoms with van der Waals surface area (Å²) in [4.78, 5) is 73.1. The van der Waals surface area contributed by atoms with Gasteiger partial charge in [-0.2, -0.15) is 0 Å². The third-order valence-corrected chi connectivity index (χ3v) is 8.99. The molecule has 272 valence electrons. The molecule has 2 fully saturated rings. The quantitative estimate of drug-likeness (QED) is 0.0617. The first-order valence-electron chi connectivity index (χ1n) is 17.4. The Morgan fingerprint density at radius 2 is 1.10 bits per heavy atom. The van der Waals surface area contributed by atoms with Crippen LogP contribution in [0.25, 0.3) is 0 Å². The van der Waals surface area contributed by atoms with Crippen LogP contribution < -0.4 is 20.1 Å². The van der Waals surface area contributed by atoms with E-state index in [2.05, 4.69) is 23.8 Å². The third kappa shape index (κ3) is 13.2. The molecule has 1 aromatic rings. The molecule has 2 saturated carbocycles. The standard InChI is InChI=1S/C37H49N3O10/c1-3-32(41)47-21-7-5-19-39-34(43)25-9-13-27(14-10-25)36(45)49-30-17-18-31(29(23-30)24-38)50-37(46)28-15-11-26(12-16-28)35(44)40-20-6-8-22-48-33(42)4-2/h3-4,17-18,23-28,38H,1-2,5-16,19-22H2,(H,39,43)(H,40,44). The normalized spacial score (nSPS) is 19.9. The number of carbonyl (C=O) groups is 6. The van der Waals surface area contributed by atoms with Gasteiger partial charge in [0, 0.05) is 48.9 Å². The van der Waals surface area contributed by atoms with E-state index in [1.807, 2.05) is 0 Å². The first kappa shape index (κ1) is 39.6. The van der Waals surface area contributed by atoms with Crippen LogP contribution in [0.3, 0.4) is 0 Å². The Hall–Kier alpha value is -4.81. The topological polar surface area (TPSA) is 187 Å². The van der Waals surface area contributed by atoms with Gasteiger partial charge < -0.3 is 35.0 Å². The van der Waals surface area contributed by atoms with Crippen molar-refractivity contribution in [2.45, 2.75) is 77.0 Å². The maximum atomic E-state index is 13.0. The van der Waals surface area contributed by atoms with Gasteiger partial charge in [-0.1, -0.05) is 13.2 Å². The van der Waals surface area contributed by atoms with Gasteiger partial charge >= 0.3 is 23.9 Å². The number of hydrogen-bond donors (Lipinski definition) is 3. The largest absolute Gasteiger partial charge is 0.463 e. The van der Waals surface area contributed by atoms with Crippen LogP contribution in [0.5, 0.6) is 11.5 Å². The molecule has 0 aromatic heterocycles. The van der Waals surface area contributed by atoms with Crippen molar-refractivity contribution in [3.05, 3.63) is 49.1 Å². The Kier molecular flexibility index (Phi) is 16.9. The number of unbranched alkanes of at least 4 members (excludes halogenated alkanes) is 2. The van der Waals surface area contributed by atoms with E-state index < -0.39 is 23.9 Å². The molecule has 2 aliphatic rings. The fourth-order valence-corrected chi connectivity index (χ4v) is 6.00. The molecule has 0 bridgehead atoms. The minimum atomic E-state index is -0.469. The highest BCUT2D eigenvalue weighted by atomic mass is 16.5. The fourth-order valence-electron chi connectivity index (χ4n) is 6.00. The van der Waals surface area contributed by atoms with E-state index >= 15 is 0 Å². The highest BCUT2D eigenvalue weighted by Crippen LogP contribution is 2.33. The van der Waals surface area contributed by atoms with Crippen LogP contribution in [0.1, 0.15) is 82.6 Å². The van der Waals surface area contributed by atoms with E-state index in [-0.39, 0.29) is 65.8 Å². The van der Waals surface area contributed by atoms with Crippen molar-refractivity contribution in [3.8, 4) is 11.5 Å². The van der Waals surface area contributed by atoms with Crippen molar-refractivity contribution in [3.63, 3.8) is 0 Å². The first-order valence-corrected chi connectivity index (χ1v) is 17.4. The molecule has 13 heteroatoms. The predicted molar refractivity (Wildman–Crippen MR) is 183 cm³/mol. The Bertz CT molecular complexity index is 1380. The van der Waals surface area contributed by atoms with Crippen molar-refractivity contribution >= 4 is 41.9 Å². The van der Waals surface area contributed by atoms with Crippen LogP contribution in [0.15, 0.2) is 43.5 Å². The Morgan fingerprint density at radius 3 is 1.54 bits per heavy atom. The van der Waals surface area contributed by atoms with Gasteiger partial charge in [0.15, 0.2) is 0 Å². The molecule has 0 aliphatic heterocycles. The molecule has 13 nitrogen and oxygen atoms in total. The molecule has 0 radical (unpaired) electrons. The lowest BCUT2D eigenvalue weighted by atomic mass is 9.81. The lowest BCUT2D eigenvalue weighted by molar-refractivity contribution is -0.142. The van der Waals surface area contributed by atoms with Crippen LogP contribution in [-0.4, -0.2) is 68.2 Å². The van der Waals surface area contributed by atoms with Crippen LogP contribution >= 0.6 is 0 Å². The van der Waals surface area contributed by atoms with Gasteiger partial charge in [-0.15, -0.1) is 0 Å². The Morgan fingerprint density at radius 1 is 0.660 bits per heavy atom. The van der Waals surface area contributed by atoms with Gasteiger partial charge in [0.05, 0.1) is 25.0 Å². The zero-order chi connectivity index (χ0) is 36.3. The summed E-state index contributed by atoms with van der Waals surface area (Å²) < 4.78 is 21.1. The molecule has 0 heterocycles. The van der Waals surface area contributed by atoms with E-state index in [9.17, 15) is 28.8 Å². The number of amides is 2. The molecule has 1 aromatic carbocycles. The molecule has 3 N–H and O–H groups in total. The maximum Gasteiger partial charge on any atom is 0.330 e. The predicted octanol–water partition coefficient (Wildman–Crippen LogP) is 4.36. The molecular weight excluding hydrogens is 646 g/mol.